The summed E-state index contributed by atoms with van der Waals surface area (Å²) >= 11 is 0. The number of rotatable bonds is 7. The minimum absolute atomic E-state index is 0.323. The average molecular weight is 601 g/mol. The molecule has 0 unspecified atom stereocenters. The Morgan fingerprint density at radius 1 is 0.886 bits per heavy atom. The number of hydrogen-bond acceptors (Lipinski definition) is 8. The molecular formula is C33H33FN4O6. The van der Waals surface area contributed by atoms with Gasteiger partial charge in [-0.05, 0) is 66.4 Å². The summed E-state index contributed by atoms with van der Waals surface area (Å²) in [6.07, 6.45) is 0.490. The van der Waals surface area contributed by atoms with Crippen molar-refractivity contribution in [2.45, 2.75) is 20.3 Å². The number of nitrogens with one attached hydrogen (secondary N) is 2. The number of anilines is 2. The molecule has 228 valence electrons. The van der Waals surface area contributed by atoms with Crippen LogP contribution in [0.2, 0.25) is 0 Å². The quantitative estimate of drug-likeness (QED) is 0.238. The molecule has 2 aromatic heterocycles. The molecule has 0 saturated carbocycles. The lowest BCUT2D eigenvalue weighted by molar-refractivity contribution is 0.0395. The van der Waals surface area contributed by atoms with E-state index in [-0.39, 0.29) is 5.56 Å². The van der Waals surface area contributed by atoms with Gasteiger partial charge in [0.05, 0.1) is 30.3 Å². The fourth-order valence-corrected chi connectivity index (χ4v) is 5.19. The van der Waals surface area contributed by atoms with E-state index < -0.39 is 34.4 Å². The van der Waals surface area contributed by atoms with E-state index in [0.717, 1.165) is 11.3 Å². The summed E-state index contributed by atoms with van der Waals surface area (Å²) in [5, 5.41) is 0. The van der Waals surface area contributed by atoms with Crippen molar-refractivity contribution >= 4 is 23.3 Å². The molecular weight excluding hydrogens is 567 g/mol. The van der Waals surface area contributed by atoms with Gasteiger partial charge in [-0.3, -0.25) is 9.59 Å². The van der Waals surface area contributed by atoms with Gasteiger partial charge in [0.25, 0.3) is 11.1 Å². The number of nitrogens with zero attached hydrogens (tertiary/aromatic N) is 2. The molecule has 10 nitrogen and oxygen atoms in total. The molecule has 0 amide bonds. The number of aromatic nitrogens is 2. The van der Waals surface area contributed by atoms with Crippen LogP contribution in [0.5, 0.6) is 0 Å². The number of carbonyl (C=O) groups excluding carboxylic acids is 2. The number of H-pyrrole nitrogens is 2. The smallest absolute Gasteiger partial charge is 0.351 e. The first-order valence-corrected chi connectivity index (χ1v) is 14.2. The summed E-state index contributed by atoms with van der Waals surface area (Å²) < 4.78 is 25.3. The highest BCUT2D eigenvalue weighted by Crippen LogP contribution is 2.28. The summed E-state index contributed by atoms with van der Waals surface area (Å²) in [5.74, 6) is -2.84. The Bertz CT molecular complexity index is 1840. The highest BCUT2D eigenvalue weighted by Gasteiger charge is 2.24. The number of aryl methyl sites for hydroxylation is 2. The molecule has 1 saturated heterocycles. The Morgan fingerprint density at radius 2 is 1.48 bits per heavy atom. The van der Waals surface area contributed by atoms with Crippen LogP contribution in [0, 0.1) is 12.7 Å². The van der Waals surface area contributed by atoms with E-state index in [1.807, 2.05) is 55.1 Å². The summed E-state index contributed by atoms with van der Waals surface area (Å²) in [7, 11) is 3.85. The third-order valence-electron chi connectivity index (χ3n) is 7.63. The predicted octanol–water partition coefficient (Wildman–Crippen LogP) is 4.31. The van der Waals surface area contributed by atoms with Gasteiger partial charge in [-0.25, -0.2) is 14.0 Å². The van der Waals surface area contributed by atoms with Crippen molar-refractivity contribution in [3.63, 3.8) is 0 Å². The monoisotopic (exact) mass is 600 g/mol. The van der Waals surface area contributed by atoms with Crippen LogP contribution in [0.15, 0.2) is 64.2 Å². The molecule has 2 N–H and O–H groups in total. The number of ether oxygens (including phenoxy) is 2. The van der Waals surface area contributed by atoms with Gasteiger partial charge in [-0.2, -0.15) is 0 Å². The van der Waals surface area contributed by atoms with Crippen molar-refractivity contribution in [1.82, 2.24) is 9.97 Å². The number of carbonyl (C=O) groups is 2. The minimum Gasteiger partial charge on any atom is -0.385 e. The lowest BCUT2D eigenvalue weighted by atomic mass is 10.0. The number of pyridine rings is 2. The normalized spacial score (nSPS) is 13.1. The number of halogens is 1. The van der Waals surface area contributed by atoms with E-state index in [9.17, 15) is 19.2 Å². The maximum Gasteiger partial charge on any atom is 0.351 e. The molecule has 11 heteroatoms. The number of morpholine rings is 1. The van der Waals surface area contributed by atoms with Crippen LogP contribution in [-0.4, -0.2) is 62.3 Å². The second-order valence-corrected chi connectivity index (χ2v) is 10.7. The van der Waals surface area contributed by atoms with Crippen molar-refractivity contribution in [2.24, 2.45) is 0 Å². The van der Waals surface area contributed by atoms with Crippen molar-refractivity contribution in [3.8, 4) is 22.5 Å². The van der Waals surface area contributed by atoms with Gasteiger partial charge < -0.3 is 29.2 Å². The fraction of sp³-hybridized carbons (Fsp3) is 0.273. The van der Waals surface area contributed by atoms with Gasteiger partial charge in [0.15, 0.2) is 0 Å². The van der Waals surface area contributed by atoms with Crippen molar-refractivity contribution < 1.29 is 23.5 Å². The summed E-state index contributed by atoms with van der Waals surface area (Å²) in [5.41, 5.74) is 2.29. The Hall–Kier alpha value is -5.03. The van der Waals surface area contributed by atoms with E-state index in [1.54, 1.807) is 19.1 Å². The molecule has 0 radical (unpaired) electrons. The molecule has 1 aliphatic heterocycles. The molecule has 1 aliphatic rings. The van der Waals surface area contributed by atoms with Gasteiger partial charge >= 0.3 is 11.9 Å². The van der Waals surface area contributed by atoms with Gasteiger partial charge in [0, 0.05) is 38.4 Å². The SMILES string of the molecule is CCc1cc(C(=O)OC(=O)c2cc(C)c(-c3ccc(N4CCOCC4)c(F)c3)[nH]c2=O)c(=O)[nH]c1-c1ccc(N(C)C)cc1. The first-order valence-electron chi connectivity index (χ1n) is 14.2. The summed E-state index contributed by atoms with van der Waals surface area (Å²) in [6, 6.07) is 14.9. The minimum atomic E-state index is -1.21. The Balaban J connectivity index is 1.36. The zero-order valence-corrected chi connectivity index (χ0v) is 25.0. The third-order valence-corrected chi connectivity index (χ3v) is 7.63. The maximum absolute atomic E-state index is 15.0. The van der Waals surface area contributed by atoms with Crippen LogP contribution < -0.4 is 20.9 Å². The lowest BCUT2D eigenvalue weighted by Crippen LogP contribution is -2.36. The van der Waals surface area contributed by atoms with Crippen molar-refractivity contribution in [3.05, 3.63) is 103 Å². The van der Waals surface area contributed by atoms with Crippen LogP contribution in [0.4, 0.5) is 15.8 Å². The highest BCUT2D eigenvalue weighted by atomic mass is 19.1. The topological polar surface area (TPSA) is 125 Å². The molecule has 0 bridgehead atoms. The largest absolute Gasteiger partial charge is 0.385 e. The second-order valence-electron chi connectivity index (χ2n) is 10.7. The predicted molar refractivity (Wildman–Crippen MR) is 166 cm³/mol. The van der Waals surface area contributed by atoms with Gasteiger partial charge in [-0.1, -0.05) is 25.1 Å². The molecule has 4 aromatic rings. The molecule has 44 heavy (non-hydrogen) atoms. The standard InChI is InChI=1S/C33H33FN4O6/c1-5-20-17-25(31(40)36-29(20)21-6-9-23(10-7-21)37(3)4)33(42)44-32(41)24-16-19(2)28(35-30(24)39)22-8-11-27(26(34)18-22)38-12-14-43-15-13-38/h6-11,16-18H,5,12-15H2,1-4H3,(H,35,39)(H,36,40). The zero-order chi connectivity index (χ0) is 31.5. The summed E-state index contributed by atoms with van der Waals surface area (Å²) in [4.78, 5) is 60.8. The number of hydrogen-bond donors (Lipinski definition) is 2. The van der Waals surface area contributed by atoms with Gasteiger partial charge in [0.2, 0.25) is 0 Å². The molecule has 5 rings (SSSR count). The van der Waals surface area contributed by atoms with Crippen LogP contribution >= 0.6 is 0 Å². The molecule has 1 fully saturated rings. The Kier molecular flexibility index (Phi) is 8.77. The zero-order valence-electron chi connectivity index (χ0n) is 25.0. The molecule has 0 spiro atoms. The van der Waals surface area contributed by atoms with E-state index in [2.05, 4.69) is 9.97 Å². The number of aromatic amines is 2. The first kappa shape index (κ1) is 30.4. The van der Waals surface area contributed by atoms with Crippen LogP contribution in [0.25, 0.3) is 22.5 Å². The van der Waals surface area contributed by atoms with Gasteiger partial charge in [0.1, 0.15) is 16.9 Å². The molecule has 0 atom stereocenters. The Morgan fingerprint density at radius 3 is 2.07 bits per heavy atom. The second kappa shape index (κ2) is 12.7. The third kappa shape index (κ3) is 6.18. The van der Waals surface area contributed by atoms with Crippen LogP contribution in [0.1, 0.15) is 38.8 Å². The first-order chi connectivity index (χ1) is 21.1. The van der Waals surface area contributed by atoms with Crippen molar-refractivity contribution in [1.29, 1.82) is 0 Å². The van der Waals surface area contributed by atoms with Crippen molar-refractivity contribution in [2.75, 3.05) is 50.2 Å². The number of esters is 2. The fourth-order valence-electron chi connectivity index (χ4n) is 5.19. The lowest BCUT2D eigenvalue weighted by Gasteiger charge is -2.29. The van der Waals surface area contributed by atoms with E-state index in [4.69, 9.17) is 9.47 Å². The molecule has 0 aliphatic carbocycles. The van der Waals surface area contributed by atoms with Crippen LogP contribution in [0.3, 0.4) is 0 Å². The van der Waals surface area contributed by atoms with E-state index >= 15 is 4.39 Å². The highest BCUT2D eigenvalue weighted by molar-refractivity contribution is 6.02. The molecule has 2 aromatic carbocycles. The number of benzene rings is 2. The van der Waals surface area contributed by atoms with E-state index in [0.29, 0.717) is 66.5 Å². The van der Waals surface area contributed by atoms with Crippen LogP contribution in [-0.2, 0) is 15.9 Å². The van der Waals surface area contributed by atoms with Gasteiger partial charge in [-0.15, -0.1) is 0 Å². The average Bonchev–Trinajstić information content (AvgIpc) is 3.02. The summed E-state index contributed by atoms with van der Waals surface area (Å²) in [6.45, 7) is 5.68. The van der Waals surface area contributed by atoms with E-state index in [1.165, 1.54) is 18.2 Å². The molecule has 3 heterocycles. The Labute approximate surface area is 253 Å². The maximum atomic E-state index is 15.0.